The van der Waals surface area contributed by atoms with Crippen LogP contribution in [-0.4, -0.2) is 29.8 Å². The van der Waals surface area contributed by atoms with Crippen LogP contribution < -0.4 is 5.32 Å². The predicted octanol–water partition coefficient (Wildman–Crippen LogP) is 2.91. The Labute approximate surface area is 132 Å². The summed E-state index contributed by atoms with van der Waals surface area (Å²) in [5, 5.41) is 12.2. The number of para-hydroxylation sites is 1. The summed E-state index contributed by atoms with van der Waals surface area (Å²) in [6.07, 6.45) is 1.96. The molecular weight excluding hydrogens is 302 g/mol. The smallest absolute Gasteiger partial charge is 0.342 e. The van der Waals surface area contributed by atoms with Gasteiger partial charge in [-0.15, -0.1) is 11.8 Å². The van der Waals surface area contributed by atoms with E-state index >= 15 is 0 Å². The third kappa shape index (κ3) is 4.26. The monoisotopic (exact) mass is 317 g/mol. The maximum Gasteiger partial charge on any atom is 0.342 e. The molecule has 2 N–H and O–H groups in total. The standard InChI is InChI=1S/C16H15NO4S/c1-22-12-8-6-11(7-9-12)17-15(19)10-21-16(20)13-4-2-3-5-14(13)18/h2-9,18H,10H2,1H3,(H,17,19). The third-order valence-corrected chi connectivity index (χ3v) is 3.58. The molecule has 2 aromatic carbocycles. The number of phenolic OH excluding ortho intramolecular Hbond substituents is 1. The van der Waals surface area contributed by atoms with Crippen LogP contribution in [0.2, 0.25) is 0 Å². The molecular formula is C16H15NO4S. The molecule has 0 radical (unpaired) electrons. The van der Waals surface area contributed by atoms with E-state index in [4.69, 9.17) is 4.74 Å². The normalized spacial score (nSPS) is 10.0. The highest BCUT2D eigenvalue weighted by Crippen LogP contribution is 2.18. The quantitative estimate of drug-likeness (QED) is 0.655. The Morgan fingerprint density at radius 1 is 1.14 bits per heavy atom. The van der Waals surface area contributed by atoms with E-state index in [2.05, 4.69) is 5.32 Å². The van der Waals surface area contributed by atoms with Crippen molar-refractivity contribution in [1.29, 1.82) is 0 Å². The number of carbonyl (C=O) groups excluding carboxylic acids is 2. The van der Waals surface area contributed by atoms with Gasteiger partial charge in [0.25, 0.3) is 5.91 Å². The molecule has 0 aromatic heterocycles. The van der Waals surface area contributed by atoms with Gasteiger partial charge in [0.05, 0.1) is 0 Å². The van der Waals surface area contributed by atoms with Gasteiger partial charge in [-0.05, 0) is 42.7 Å². The van der Waals surface area contributed by atoms with Crippen molar-refractivity contribution >= 4 is 29.3 Å². The molecule has 6 heteroatoms. The molecule has 0 aliphatic rings. The van der Waals surface area contributed by atoms with Crippen molar-refractivity contribution in [2.24, 2.45) is 0 Å². The number of amides is 1. The zero-order valence-corrected chi connectivity index (χ0v) is 12.7. The van der Waals surface area contributed by atoms with Gasteiger partial charge in [-0.25, -0.2) is 4.79 Å². The van der Waals surface area contributed by atoms with E-state index in [-0.39, 0.29) is 11.3 Å². The van der Waals surface area contributed by atoms with Crippen LogP contribution in [0.1, 0.15) is 10.4 Å². The number of benzene rings is 2. The van der Waals surface area contributed by atoms with Crippen LogP contribution >= 0.6 is 11.8 Å². The third-order valence-electron chi connectivity index (χ3n) is 2.83. The van der Waals surface area contributed by atoms with Gasteiger partial charge in [0.2, 0.25) is 0 Å². The molecule has 0 aliphatic carbocycles. The summed E-state index contributed by atoms with van der Waals surface area (Å²) in [7, 11) is 0. The van der Waals surface area contributed by atoms with Gasteiger partial charge in [0, 0.05) is 10.6 Å². The molecule has 0 aliphatic heterocycles. The van der Waals surface area contributed by atoms with E-state index in [0.29, 0.717) is 5.69 Å². The van der Waals surface area contributed by atoms with E-state index in [0.717, 1.165) is 4.90 Å². The lowest BCUT2D eigenvalue weighted by atomic mass is 10.2. The number of hydrogen-bond acceptors (Lipinski definition) is 5. The topological polar surface area (TPSA) is 75.6 Å². The Hall–Kier alpha value is -2.47. The van der Waals surface area contributed by atoms with Crippen LogP contribution in [0.15, 0.2) is 53.4 Å². The number of thioether (sulfide) groups is 1. The van der Waals surface area contributed by atoms with E-state index in [1.165, 1.54) is 12.1 Å². The van der Waals surface area contributed by atoms with Gasteiger partial charge >= 0.3 is 5.97 Å². The summed E-state index contributed by atoms with van der Waals surface area (Å²) < 4.78 is 4.87. The molecule has 0 fully saturated rings. The van der Waals surface area contributed by atoms with Gasteiger partial charge in [0.1, 0.15) is 11.3 Å². The molecule has 2 aromatic rings. The summed E-state index contributed by atoms with van der Waals surface area (Å²) in [5.41, 5.74) is 0.654. The highest BCUT2D eigenvalue weighted by molar-refractivity contribution is 7.98. The molecule has 0 spiro atoms. The van der Waals surface area contributed by atoms with Crippen molar-refractivity contribution in [1.82, 2.24) is 0 Å². The second-order valence-electron chi connectivity index (χ2n) is 4.37. The largest absolute Gasteiger partial charge is 0.507 e. The van der Waals surface area contributed by atoms with E-state index in [1.807, 2.05) is 18.4 Å². The average molecular weight is 317 g/mol. The fourth-order valence-electron chi connectivity index (χ4n) is 1.73. The van der Waals surface area contributed by atoms with E-state index < -0.39 is 18.5 Å². The van der Waals surface area contributed by atoms with Crippen LogP contribution in [-0.2, 0) is 9.53 Å². The van der Waals surface area contributed by atoms with Crippen LogP contribution in [0, 0.1) is 0 Å². The number of hydrogen-bond donors (Lipinski definition) is 2. The molecule has 114 valence electrons. The lowest BCUT2D eigenvalue weighted by Gasteiger charge is -2.07. The first-order valence-corrected chi connectivity index (χ1v) is 7.71. The molecule has 22 heavy (non-hydrogen) atoms. The zero-order chi connectivity index (χ0) is 15.9. The first kappa shape index (κ1) is 15.9. The van der Waals surface area contributed by atoms with Crippen molar-refractivity contribution in [2.75, 3.05) is 18.2 Å². The van der Waals surface area contributed by atoms with Crippen LogP contribution in [0.3, 0.4) is 0 Å². The van der Waals surface area contributed by atoms with Crippen molar-refractivity contribution in [3.05, 3.63) is 54.1 Å². The minimum Gasteiger partial charge on any atom is -0.507 e. The number of phenols is 1. The van der Waals surface area contributed by atoms with Crippen molar-refractivity contribution in [3.8, 4) is 5.75 Å². The molecule has 0 atom stereocenters. The van der Waals surface area contributed by atoms with Crippen molar-refractivity contribution in [2.45, 2.75) is 4.90 Å². The van der Waals surface area contributed by atoms with Crippen LogP contribution in [0.5, 0.6) is 5.75 Å². The molecule has 0 heterocycles. The van der Waals surface area contributed by atoms with Gasteiger partial charge < -0.3 is 15.2 Å². The molecule has 2 rings (SSSR count). The Kier molecular flexibility index (Phi) is 5.43. The minimum atomic E-state index is -0.744. The number of esters is 1. The summed E-state index contributed by atoms with van der Waals surface area (Å²) in [6.45, 7) is -0.419. The van der Waals surface area contributed by atoms with Crippen molar-refractivity contribution < 1.29 is 19.4 Å². The second kappa shape index (κ2) is 7.51. The number of carbonyl (C=O) groups is 2. The van der Waals surface area contributed by atoms with Gasteiger partial charge in [-0.3, -0.25) is 4.79 Å². The van der Waals surface area contributed by atoms with Gasteiger partial charge in [-0.2, -0.15) is 0 Å². The molecule has 5 nitrogen and oxygen atoms in total. The highest BCUT2D eigenvalue weighted by atomic mass is 32.2. The first-order valence-electron chi connectivity index (χ1n) is 6.49. The maximum atomic E-state index is 11.7. The Morgan fingerprint density at radius 3 is 2.45 bits per heavy atom. The second-order valence-corrected chi connectivity index (χ2v) is 5.25. The molecule has 0 unspecified atom stereocenters. The fraction of sp³-hybridized carbons (Fsp3) is 0.125. The Morgan fingerprint density at radius 2 is 1.82 bits per heavy atom. The minimum absolute atomic E-state index is 0.0274. The fourth-order valence-corrected chi connectivity index (χ4v) is 2.13. The summed E-state index contributed by atoms with van der Waals surface area (Å²) in [6, 6.07) is 13.3. The molecule has 0 saturated heterocycles. The summed E-state index contributed by atoms with van der Waals surface area (Å²) >= 11 is 1.60. The van der Waals surface area contributed by atoms with Crippen LogP contribution in [0.25, 0.3) is 0 Å². The Balaban J connectivity index is 1.87. The van der Waals surface area contributed by atoms with Crippen molar-refractivity contribution in [3.63, 3.8) is 0 Å². The maximum absolute atomic E-state index is 11.7. The summed E-state index contributed by atoms with van der Waals surface area (Å²) in [4.78, 5) is 24.6. The van der Waals surface area contributed by atoms with Gasteiger partial charge in [-0.1, -0.05) is 12.1 Å². The van der Waals surface area contributed by atoms with Crippen LogP contribution in [0.4, 0.5) is 5.69 Å². The molecule has 0 bridgehead atoms. The average Bonchev–Trinajstić information content (AvgIpc) is 2.54. The molecule has 0 saturated carbocycles. The lowest BCUT2D eigenvalue weighted by molar-refractivity contribution is -0.119. The van der Waals surface area contributed by atoms with E-state index in [1.54, 1.807) is 36.0 Å². The van der Waals surface area contributed by atoms with E-state index in [9.17, 15) is 14.7 Å². The van der Waals surface area contributed by atoms with Gasteiger partial charge in [0.15, 0.2) is 6.61 Å². The molecule has 1 amide bonds. The number of ether oxygens (including phenoxy) is 1. The number of aromatic hydroxyl groups is 1. The predicted molar refractivity (Wildman–Crippen MR) is 85.2 cm³/mol. The first-order chi connectivity index (χ1) is 10.6. The summed E-state index contributed by atoms with van der Waals surface area (Å²) in [5.74, 6) is -1.37. The zero-order valence-electron chi connectivity index (χ0n) is 11.9. The Bertz CT molecular complexity index is 670. The lowest BCUT2D eigenvalue weighted by Crippen LogP contribution is -2.20. The number of nitrogens with one attached hydrogen (secondary N) is 1. The SMILES string of the molecule is CSc1ccc(NC(=O)COC(=O)c2ccccc2O)cc1. The number of anilines is 1. The number of rotatable bonds is 5. The highest BCUT2D eigenvalue weighted by Gasteiger charge is 2.13.